The van der Waals surface area contributed by atoms with Crippen LogP contribution in [0.5, 0.6) is 0 Å². The van der Waals surface area contributed by atoms with Crippen molar-refractivity contribution in [1.82, 2.24) is 10.3 Å². The van der Waals surface area contributed by atoms with E-state index < -0.39 is 23.0 Å². The van der Waals surface area contributed by atoms with Gasteiger partial charge in [-0.2, -0.15) is 0 Å². The molecule has 0 bridgehead atoms. The van der Waals surface area contributed by atoms with E-state index in [-0.39, 0.29) is 23.3 Å². The summed E-state index contributed by atoms with van der Waals surface area (Å²) in [6, 6.07) is 2.88. The van der Waals surface area contributed by atoms with Crippen LogP contribution >= 0.6 is 11.3 Å². The fourth-order valence-electron chi connectivity index (χ4n) is 2.08. The van der Waals surface area contributed by atoms with Crippen molar-refractivity contribution in [3.05, 3.63) is 28.3 Å². The first-order chi connectivity index (χ1) is 11.8. The molecule has 2 aromatic rings. The second-order valence-corrected chi connectivity index (χ2v) is 6.53. The van der Waals surface area contributed by atoms with Gasteiger partial charge in [0.25, 0.3) is 5.69 Å². The monoisotopic (exact) mass is 366 g/mol. The number of aromatic nitrogens is 1. The summed E-state index contributed by atoms with van der Waals surface area (Å²) in [5.41, 5.74) is 0.492. The fraction of sp³-hybridized carbons (Fsp3) is 0.400. The van der Waals surface area contributed by atoms with Gasteiger partial charge in [-0.15, -0.1) is 0 Å². The summed E-state index contributed by atoms with van der Waals surface area (Å²) in [7, 11) is 0. The van der Waals surface area contributed by atoms with Crippen molar-refractivity contribution in [2.24, 2.45) is 5.92 Å². The number of nitrogens with zero attached hydrogens (tertiary/aromatic N) is 2. The third kappa shape index (κ3) is 4.63. The summed E-state index contributed by atoms with van der Waals surface area (Å²) in [6.07, 6.45) is 0. The molecule has 2 N–H and O–H groups in total. The number of nitrogens with one attached hydrogen (secondary N) is 2. The summed E-state index contributed by atoms with van der Waals surface area (Å²) in [6.45, 7) is 5.50. The van der Waals surface area contributed by atoms with Gasteiger partial charge in [0.2, 0.25) is 0 Å². The van der Waals surface area contributed by atoms with E-state index in [1.165, 1.54) is 18.2 Å². The molecule has 2 amide bonds. The highest BCUT2D eigenvalue weighted by Gasteiger charge is 2.25. The van der Waals surface area contributed by atoms with Crippen molar-refractivity contribution in [1.29, 1.82) is 0 Å². The minimum atomic E-state index is -0.782. The SMILES string of the molecule is CCOC(=O)C(NC(=O)Nc1nc2ccc([N+](=O)[O-])cc2s1)C(C)C. The molecule has 1 aromatic heterocycles. The second-order valence-electron chi connectivity index (χ2n) is 5.50. The molecule has 1 aromatic carbocycles. The summed E-state index contributed by atoms with van der Waals surface area (Å²) < 4.78 is 5.52. The van der Waals surface area contributed by atoms with E-state index in [1.54, 1.807) is 20.8 Å². The number of nitro benzene ring substituents is 1. The molecule has 1 unspecified atom stereocenters. The zero-order valence-corrected chi connectivity index (χ0v) is 14.8. The lowest BCUT2D eigenvalue weighted by Gasteiger charge is -2.20. The topological polar surface area (TPSA) is 123 Å². The smallest absolute Gasteiger partial charge is 0.328 e. The molecule has 0 fully saturated rings. The van der Waals surface area contributed by atoms with E-state index in [9.17, 15) is 19.7 Å². The van der Waals surface area contributed by atoms with Gasteiger partial charge in [-0.05, 0) is 18.9 Å². The van der Waals surface area contributed by atoms with Crippen LogP contribution in [0.25, 0.3) is 10.2 Å². The standard InChI is InChI=1S/C15H18N4O5S/c1-4-24-13(20)12(8(2)3)17-14(21)18-15-16-10-6-5-9(19(22)23)7-11(10)25-15/h5-8,12H,4H2,1-3H3,(H2,16,17,18,21). The number of nitro groups is 1. The number of carbonyl (C=O) groups excluding carboxylic acids is 2. The van der Waals surface area contributed by atoms with Gasteiger partial charge in [-0.25, -0.2) is 14.6 Å². The first-order valence-corrected chi connectivity index (χ1v) is 8.42. The molecule has 2 rings (SSSR count). The van der Waals surface area contributed by atoms with Crippen molar-refractivity contribution in [3.63, 3.8) is 0 Å². The molecule has 1 atom stereocenters. The Morgan fingerprint density at radius 2 is 2.12 bits per heavy atom. The normalized spacial score (nSPS) is 12.0. The number of amides is 2. The van der Waals surface area contributed by atoms with Crippen molar-refractivity contribution in [3.8, 4) is 0 Å². The molecule has 0 radical (unpaired) electrons. The molecule has 25 heavy (non-hydrogen) atoms. The third-order valence-corrected chi connectivity index (χ3v) is 4.23. The van der Waals surface area contributed by atoms with Crippen molar-refractivity contribution in [2.45, 2.75) is 26.8 Å². The predicted octanol–water partition coefficient (Wildman–Crippen LogP) is 2.91. The van der Waals surface area contributed by atoms with E-state index >= 15 is 0 Å². The summed E-state index contributed by atoms with van der Waals surface area (Å²) in [5, 5.41) is 16.2. The largest absolute Gasteiger partial charge is 0.464 e. The van der Waals surface area contributed by atoms with E-state index in [1.807, 2.05) is 0 Å². The van der Waals surface area contributed by atoms with Gasteiger partial charge in [0.1, 0.15) is 6.04 Å². The maximum Gasteiger partial charge on any atom is 0.328 e. The number of fused-ring (bicyclic) bond motifs is 1. The molecule has 0 aliphatic heterocycles. The molecule has 0 saturated heterocycles. The first-order valence-electron chi connectivity index (χ1n) is 7.61. The molecule has 0 saturated carbocycles. The van der Waals surface area contributed by atoms with Gasteiger partial charge >= 0.3 is 12.0 Å². The number of benzene rings is 1. The Bertz CT molecular complexity index is 804. The highest BCUT2D eigenvalue weighted by Crippen LogP contribution is 2.29. The number of hydrogen-bond donors (Lipinski definition) is 2. The van der Waals surface area contributed by atoms with Gasteiger partial charge in [-0.3, -0.25) is 15.4 Å². The Labute approximate surface area is 147 Å². The molecule has 1 heterocycles. The minimum absolute atomic E-state index is 0.0469. The van der Waals surface area contributed by atoms with Gasteiger partial charge in [0.15, 0.2) is 5.13 Å². The quantitative estimate of drug-likeness (QED) is 0.460. The lowest BCUT2D eigenvalue weighted by Crippen LogP contribution is -2.47. The van der Waals surface area contributed by atoms with Crippen LogP contribution in [0.1, 0.15) is 20.8 Å². The highest BCUT2D eigenvalue weighted by molar-refractivity contribution is 7.22. The maximum absolute atomic E-state index is 12.1. The Hall–Kier alpha value is -2.75. The lowest BCUT2D eigenvalue weighted by molar-refractivity contribution is -0.384. The molecule has 9 nitrogen and oxygen atoms in total. The molecule has 10 heteroatoms. The number of carbonyl (C=O) groups is 2. The fourth-order valence-corrected chi connectivity index (χ4v) is 2.98. The molecule has 134 valence electrons. The number of thiazole rings is 1. The van der Waals surface area contributed by atoms with E-state index in [2.05, 4.69) is 15.6 Å². The van der Waals surface area contributed by atoms with Crippen LogP contribution in [0.2, 0.25) is 0 Å². The summed E-state index contributed by atoms with van der Waals surface area (Å²) >= 11 is 1.11. The Morgan fingerprint density at radius 3 is 2.72 bits per heavy atom. The van der Waals surface area contributed by atoms with Crippen LogP contribution in [-0.4, -0.2) is 34.6 Å². The van der Waals surface area contributed by atoms with Crippen LogP contribution in [0, 0.1) is 16.0 Å². The Kier molecular flexibility index (Phi) is 5.86. The van der Waals surface area contributed by atoms with E-state index in [0.717, 1.165) is 11.3 Å². The molecule has 0 aliphatic rings. The van der Waals surface area contributed by atoms with Crippen LogP contribution in [0.4, 0.5) is 15.6 Å². The van der Waals surface area contributed by atoms with Crippen LogP contribution in [-0.2, 0) is 9.53 Å². The predicted molar refractivity (Wildman–Crippen MR) is 93.7 cm³/mol. The van der Waals surface area contributed by atoms with E-state index in [4.69, 9.17) is 4.74 Å². The molecular formula is C15H18N4O5S. The zero-order chi connectivity index (χ0) is 18.6. The average molecular weight is 366 g/mol. The van der Waals surface area contributed by atoms with Gasteiger partial charge in [0.05, 0.1) is 21.7 Å². The number of non-ortho nitro benzene ring substituents is 1. The molecule has 0 spiro atoms. The minimum Gasteiger partial charge on any atom is -0.464 e. The average Bonchev–Trinajstić information content (AvgIpc) is 2.93. The zero-order valence-electron chi connectivity index (χ0n) is 13.9. The number of ether oxygens (including phenoxy) is 1. The van der Waals surface area contributed by atoms with Crippen molar-refractivity contribution < 1.29 is 19.2 Å². The van der Waals surface area contributed by atoms with Crippen LogP contribution in [0.15, 0.2) is 18.2 Å². The number of anilines is 1. The molecule has 0 aliphatic carbocycles. The van der Waals surface area contributed by atoms with Crippen LogP contribution < -0.4 is 10.6 Å². The Balaban J connectivity index is 2.10. The van der Waals surface area contributed by atoms with Gasteiger partial charge in [0, 0.05) is 12.1 Å². The number of hydrogen-bond acceptors (Lipinski definition) is 7. The Morgan fingerprint density at radius 1 is 1.40 bits per heavy atom. The van der Waals surface area contributed by atoms with Crippen molar-refractivity contribution in [2.75, 3.05) is 11.9 Å². The third-order valence-electron chi connectivity index (χ3n) is 3.30. The lowest BCUT2D eigenvalue weighted by atomic mass is 10.1. The van der Waals surface area contributed by atoms with Gasteiger partial charge < -0.3 is 10.1 Å². The maximum atomic E-state index is 12.1. The van der Waals surface area contributed by atoms with Crippen molar-refractivity contribution >= 4 is 44.4 Å². The molecular weight excluding hydrogens is 348 g/mol. The number of esters is 1. The van der Waals surface area contributed by atoms with E-state index in [0.29, 0.717) is 10.2 Å². The van der Waals surface area contributed by atoms with Gasteiger partial charge in [-0.1, -0.05) is 25.2 Å². The highest BCUT2D eigenvalue weighted by atomic mass is 32.1. The summed E-state index contributed by atoms with van der Waals surface area (Å²) in [4.78, 5) is 38.5. The summed E-state index contributed by atoms with van der Waals surface area (Å²) in [5.74, 6) is -0.657. The van der Waals surface area contributed by atoms with Crippen LogP contribution in [0.3, 0.4) is 0 Å². The second kappa shape index (κ2) is 7.88. The first kappa shape index (κ1) is 18.6. The number of urea groups is 1. The number of rotatable bonds is 6.